The molecule has 3 heteroatoms. The van der Waals surface area contributed by atoms with Gasteiger partial charge in [-0.05, 0) is 36.4 Å². The summed E-state index contributed by atoms with van der Waals surface area (Å²) in [5, 5.41) is 1.13. The van der Waals surface area contributed by atoms with Gasteiger partial charge in [0.2, 0.25) is 0 Å². The van der Waals surface area contributed by atoms with E-state index in [1.54, 1.807) is 7.11 Å². The van der Waals surface area contributed by atoms with Crippen LogP contribution in [-0.2, 0) is 0 Å². The summed E-state index contributed by atoms with van der Waals surface area (Å²) < 4.78 is 11.1. The standard InChI is InChI=1S/C15H13NO2/c1-17-14-4-2-3-5-15(14)18-12-6-7-13-11(10-12)8-9-16-13/h2-10,16H,1H3. The van der Waals surface area contributed by atoms with E-state index in [9.17, 15) is 0 Å². The highest BCUT2D eigenvalue weighted by atomic mass is 16.5. The molecule has 0 amide bonds. The molecule has 3 aromatic rings. The number of fused-ring (bicyclic) bond motifs is 1. The minimum Gasteiger partial charge on any atom is -0.493 e. The fourth-order valence-corrected chi connectivity index (χ4v) is 1.92. The SMILES string of the molecule is COc1ccccc1Oc1ccc2[nH]ccc2c1. The van der Waals surface area contributed by atoms with Crippen LogP contribution in [0, 0.1) is 0 Å². The van der Waals surface area contributed by atoms with E-state index in [-0.39, 0.29) is 0 Å². The molecule has 0 saturated carbocycles. The van der Waals surface area contributed by atoms with Gasteiger partial charge < -0.3 is 14.5 Å². The monoisotopic (exact) mass is 239 g/mol. The van der Waals surface area contributed by atoms with Crippen molar-refractivity contribution < 1.29 is 9.47 Å². The van der Waals surface area contributed by atoms with Crippen molar-refractivity contribution in [2.24, 2.45) is 0 Å². The lowest BCUT2D eigenvalue weighted by molar-refractivity contribution is 0.379. The highest BCUT2D eigenvalue weighted by Gasteiger charge is 2.05. The Balaban J connectivity index is 1.95. The van der Waals surface area contributed by atoms with E-state index < -0.39 is 0 Å². The van der Waals surface area contributed by atoms with E-state index in [0.29, 0.717) is 0 Å². The maximum Gasteiger partial charge on any atom is 0.169 e. The van der Waals surface area contributed by atoms with E-state index in [4.69, 9.17) is 9.47 Å². The molecule has 3 rings (SSSR count). The van der Waals surface area contributed by atoms with Crippen LogP contribution in [0.5, 0.6) is 17.2 Å². The Bertz CT molecular complexity index is 673. The van der Waals surface area contributed by atoms with E-state index in [2.05, 4.69) is 4.98 Å². The quantitative estimate of drug-likeness (QED) is 0.750. The minimum absolute atomic E-state index is 0.717. The molecule has 0 aliphatic rings. The first kappa shape index (κ1) is 10.7. The summed E-state index contributed by atoms with van der Waals surface area (Å²) in [5.41, 5.74) is 1.10. The van der Waals surface area contributed by atoms with E-state index in [1.807, 2.05) is 54.7 Å². The third-order valence-electron chi connectivity index (χ3n) is 2.82. The van der Waals surface area contributed by atoms with E-state index in [1.165, 1.54) is 0 Å². The fraction of sp³-hybridized carbons (Fsp3) is 0.0667. The van der Waals surface area contributed by atoms with Crippen LogP contribution in [0.25, 0.3) is 10.9 Å². The maximum absolute atomic E-state index is 5.84. The van der Waals surface area contributed by atoms with Crippen LogP contribution < -0.4 is 9.47 Å². The van der Waals surface area contributed by atoms with Crippen molar-refractivity contribution in [1.29, 1.82) is 0 Å². The number of aromatic amines is 1. The molecule has 90 valence electrons. The zero-order valence-electron chi connectivity index (χ0n) is 10.0. The second kappa shape index (κ2) is 4.45. The second-order valence-electron chi connectivity index (χ2n) is 3.98. The third kappa shape index (κ3) is 1.91. The Hall–Kier alpha value is -2.42. The summed E-state index contributed by atoms with van der Waals surface area (Å²) >= 11 is 0. The molecule has 0 atom stereocenters. The van der Waals surface area contributed by atoms with E-state index in [0.717, 1.165) is 28.2 Å². The van der Waals surface area contributed by atoms with Crippen LogP contribution in [0.3, 0.4) is 0 Å². The molecule has 18 heavy (non-hydrogen) atoms. The van der Waals surface area contributed by atoms with Crippen molar-refractivity contribution in [3.8, 4) is 17.2 Å². The highest BCUT2D eigenvalue weighted by Crippen LogP contribution is 2.32. The number of aromatic nitrogens is 1. The predicted molar refractivity (Wildman–Crippen MR) is 71.4 cm³/mol. The van der Waals surface area contributed by atoms with Crippen LogP contribution in [0.15, 0.2) is 54.7 Å². The second-order valence-corrected chi connectivity index (χ2v) is 3.98. The van der Waals surface area contributed by atoms with Gasteiger partial charge in [-0.2, -0.15) is 0 Å². The molecule has 1 heterocycles. The number of hydrogen-bond acceptors (Lipinski definition) is 2. The van der Waals surface area contributed by atoms with Crippen LogP contribution in [0.4, 0.5) is 0 Å². The largest absolute Gasteiger partial charge is 0.493 e. The van der Waals surface area contributed by atoms with Crippen LogP contribution in [0.2, 0.25) is 0 Å². The molecule has 0 fully saturated rings. The van der Waals surface area contributed by atoms with Gasteiger partial charge in [0.15, 0.2) is 11.5 Å². The smallest absolute Gasteiger partial charge is 0.169 e. The third-order valence-corrected chi connectivity index (χ3v) is 2.82. The zero-order valence-corrected chi connectivity index (χ0v) is 10.0. The molecule has 0 spiro atoms. The van der Waals surface area contributed by atoms with Gasteiger partial charge in [0, 0.05) is 17.1 Å². The van der Waals surface area contributed by atoms with Crippen LogP contribution >= 0.6 is 0 Å². The maximum atomic E-state index is 5.84. The van der Waals surface area contributed by atoms with Gasteiger partial charge in [0.05, 0.1) is 7.11 Å². The van der Waals surface area contributed by atoms with Crippen molar-refractivity contribution in [2.45, 2.75) is 0 Å². The summed E-state index contributed by atoms with van der Waals surface area (Å²) in [4.78, 5) is 3.15. The molecule has 0 saturated heterocycles. The molecule has 3 nitrogen and oxygen atoms in total. The molecule has 2 aromatic carbocycles. The molecular weight excluding hydrogens is 226 g/mol. The lowest BCUT2D eigenvalue weighted by Crippen LogP contribution is -1.89. The van der Waals surface area contributed by atoms with E-state index >= 15 is 0 Å². The van der Waals surface area contributed by atoms with Crippen molar-refractivity contribution in [3.05, 3.63) is 54.7 Å². The average Bonchev–Trinajstić information content (AvgIpc) is 2.87. The number of benzene rings is 2. The van der Waals surface area contributed by atoms with Crippen molar-refractivity contribution >= 4 is 10.9 Å². The first-order valence-electron chi connectivity index (χ1n) is 5.75. The first-order valence-corrected chi connectivity index (χ1v) is 5.75. The summed E-state index contributed by atoms with van der Waals surface area (Å²) in [6.07, 6.45) is 1.91. The zero-order chi connectivity index (χ0) is 12.4. The van der Waals surface area contributed by atoms with Crippen molar-refractivity contribution in [1.82, 2.24) is 4.98 Å². The molecule has 0 bridgehead atoms. The normalized spacial score (nSPS) is 10.5. The number of methoxy groups -OCH3 is 1. The molecule has 1 aromatic heterocycles. The van der Waals surface area contributed by atoms with Gasteiger partial charge in [-0.25, -0.2) is 0 Å². The topological polar surface area (TPSA) is 34.2 Å². The summed E-state index contributed by atoms with van der Waals surface area (Å²) in [6.45, 7) is 0. The molecule has 0 unspecified atom stereocenters. The van der Waals surface area contributed by atoms with Crippen LogP contribution in [-0.4, -0.2) is 12.1 Å². The number of para-hydroxylation sites is 2. The first-order chi connectivity index (χ1) is 8.86. The van der Waals surface area contributed by atoms with Gasteiger partial charge in [0.25, 0.3) is 0 Å². The fourth-order valence-electron chi connectivity index (χ4n) is 1.92. The van der Waals surface area contributed by atoms with Crippen LogP contribution in [0.1, 0.15) is 0 Å². The number of ether oxygens (including phenoxy) is 2. The minimum atomic E-state index is 0.717. The van der Waals surface area contributed by atoms with Crippen molar-refractivity contribution in [2.75, 3.05) is 7.11 Å². The Kier molecular flexibility index (Phi) is 2.65. The highest BCUT2D eigenvalue weighted by molar-refractivity contribution is 5.80. The van der Waals surface area contributed by atoms with Gasteiger partial charge in [-0.15, -0.1) is 0 Å². The number of nitrogens with one attached hydrogen (secondary N) is 1. The molecule has 0 aliphatic carbocycles. The molecular formula is C15H13NO2. The number of H-pyrrole nitrogens is 1. The lowest BCUT2D eigenvalue weighted by Gasteiger charge is -2.09. The average molecular weight is 239 g/mol. The number of hydrogen-bond donors (Lipinski definition) is 1. The summed E-state index contributed by atoms with van der Waals surface area (Å²) in [5.74, 6) is 2.24. The van der Waals surface area contributed by atoms with Gasteiger partial charge in [-0.3, -0.25) is 0 Å². The molecule has 0 radical (unpaired) electrons. The Morgan fingerprint density at radius 2 is 1.78 bits per heavy atom. The lowest BCUT2D eigenvalue weighted by atomic mass is 10.2. The van der Waals surface area contributed by atoms with Gasteiger partial charge >= 0.3 is 0 Å². The van der Waals surface area contributed by atoms with Gasteiger partial charge in [-0.1, -0.05) is 12.1 Å². The molecule has 0 aliphatic heterocycles. The summed E-state index contributed by atoms with van der Waals surface area (Å²) in [6, 6.07) is 15.6. The van der Waals surface area contributed by atoms with Crippen molar-refractivity contribution in [3.63, 3.8) is 0 Å². The Morgan fingerprint density at radius 1 is 0.944 bits per heavy atom. The summed E-state index contributed by atoms with van der Waals surface area (Å²) in [7, 11) is 1.64. The molecule has 1 N–H and O–H groups in total. The Labute approximate surface area is 105 Å². The Morgan fingerprint density at radius 3 is 2.61 bits per heavy atom. The number of rotatable bonds is 3. The predicted octanol–water partition coefficient (Wildman–Crippen LogP) is 3.97. The van der Waals surface area contributed by atoms with Gasteiger partial charge in [0.1, 0.15) is 5.75 Å².